The van der Waals surface area contributed by atoms with Gasteiger partial charge in [0.25, 0.3) is 0 Å². The molecular formula is C47H28N4S. The summed E-state index contributed by atoms with van der Waals surface area (Å²) >= 11 is 1.86. The van der Waals surface area contributed by atoms with Crippen LogP contribution in [0.1, 0.15) is 0 Å². The first kappa shape index (κ1) is 29.1. The lowest BCUT2D eigenvalue weighted by atomic mass is 9.98. The highest BCUT2D eigenvalue weighted by atomic mass is 32.1. The first-order chi connectivity index (χ1) is 25.8. The van der Waals surface area contributed by atoms with E-state index in [4.69, 9.17) is 15.0 Å². The van der Waals surface area contributed by atoms with E-state index in [1.807, 2.05) is 47.7 Å². The monoisotopic (exact) mass is 680 g/mol. The summed E-state index contributed by atoms with van der Waals surface area (Å²) < 4.78 is 4.85. The molecule has 0 saturated heterocycles. The molecule has 242 valence electrons. The van der Waals surface area contributed by atoms with E-state index in [1.54, 1.807) is 0 Å². The molecule has 0 aliphatic heterocycles. The van der Waals surface area contributed by atoms with Crippen molar-refractivity contribution in [1.82, 2.24) is 19.5 Å². The van der Waals surface area contributed by atoms with Gasteiger partial charge in [-0.25, -0.2) is 4.98 Å². The lowest BCUT2D eigenvalue weighted by Gasteiger charge is -2.13. The Morgan fingerprint density at radius 2 is 1.00 bits per heavy atom. The van der Waals surface area contributed by atoms with Crippen molar-refractivity contribution in [3.63, 3.8) is 0 Å². The van der Waals surface area contributed by atoms with Gasteiger partial charge in [0, 0.05) is 47.5 Å². The van der Waals surface area contributed by atoms with E-state index < -0.39 is 0 Å². The number of hydrogen-bond donors (Lipinski definition) is 0. The van der Waals surface area contributed by atoms with Gasteiger partial charge in [-0.1, -0.05) is 152 Å². The van der Waals surface area contributed by atoms with Crippen LogP contribution in [0.25, 0.3) is 103 Å². The third-order valence-electron chi connectivity index (χ3n) is 10.2. The van der Waals surface area contributed by atoms with Crippen LogP contribution in [-0.2, 0) is 0 Å². The normalized spacial score (nSPS) is 11.8. The van der Waals surface area contributed by atoms with E-state index in [-0.39, 0.29) is 0 Å². The minimum Gasteiger partial charge on any atom is -0.277 e. The maximum Gasteiger partial charge on any atom is 0.238 e. The molecule has 4 nitrogen and oxygen atoms in total. The third kappa shape index (κ3) is 4.43. The molecule has 5 heteroatoms. The smallest absolute Gasteiger partial charge is 0.238 e. The van der Waals surface area contributed by atoms with Crippen LogP contribution in [0.3, 0.4) is 0 Å². The van der Waals surface area contributed by atoms with Crippen LogP contribution in [0.5, 0.6) is 0 Å². The molecule has 11 rings (SSSR count). The van der Waals surface area contributed by atoms with Crippen LogP contribution in [0, 0.1) is 0 Å². The predicted octanol–water partition coefficient (Wildman–Crippen LogP) is 12.6. The van der Waals surface area contributed by atoms with E-state index in [9.17, 15) is 0 Å². The fourth-order valence-corrected chi connectivity index (χ4v) is 9.10. The van der Waals surface area contributed by atoms with E-state index in [0.717, 1.165) is 27.7 Å². The zero-order valence-electron chi connectivity index (χ0n) is 27.9. The van der Waals surface area contributed by atoms with Crippen LogP contribution in [0.4, 0.5) is 0 Å². The molecule has 0 bridgehead atoms. The van der Waals surface area contributed by atoms with Gasteiger partial charge in [-0.2, -0.15) is 9.97 Å². The average Bonchev–Trinajstić information content (AvgIpc) is 3.78. The Kier molecular flexibility index (Phi) is 6.39. The van der Waals surface area contributed by atoms with Gasteiger partial charge >= 0.3 is 0 Å². The Bertz CT molecular complexity index is 3120. The molecule has 0 amide bonds. The summed E-state index contributed by atoms with van der Waals surface area (Å²) in [5, 5.41) is 9.81. The molecule has 0 radical (unpaired) electrons. The molecule has 0 fully saturated rings. The topological polar surface area (TPSA) is 43.6 Å². The third-order valence-corrected chi connectivity index (χ3v) is 11.4. The van der Waals surface area contributed by atoms with Crippen molar-refractivity contribution in [2.24, 2.45) is 0 Å². The highest BCUT2D eigenvalue weighted by Crippen LogP contribution is 2.48. The lowest BCUT2D eigenvalue weighted by Crippen LogP contribution is -2.06. The number of aromatic nitrogens is 4. The van der Waals surface area contributed by atoms with Crippen molar-refractivity contribution >= 4 is 74.9 Å². The van der Waals surface area contributed by atoms with Crippen LogP contribution < -0.4 is 0 Å². The average molecular weight is 681 g/mol. The van der Waals surface area contributed by atoms with E-state index in [0.29, 0.717) is 17.6 Å². The van der Waals surface area contributed by atoms with Gasteiger partial charge in [0.2, 0.25) is 5.95 Å². The van der Waals surface area contributed by atoms with Crippen LogP contribution in [0.15, 0.2) is 170 Å². The number of rotatable bonds is 4. The summed E-state index contributed by atoms with van der Waals surface area (Å²) in [4.78, 5) is 15.6. The number of hydrogen-bond acceptors (Lipinski definition) is 4. The summed E-state index contributed by atoms with van der Waals surface area (Å²) in [7, 11) is 0. The van der Waals surface area contributed by atoms with Gasteiger partial charge in [-0.15, -0.1) is 11.3 Å². The number of benzene rings is 8. The fraction of sp³-hybridized carbons (Fsp3) is 0. The summed E-state index contributed by atoms with van der Waals surface area (Å²) in [6, 6.07) is 60.1. The first-order valence-corrected chi connectivity index (χ1v) is 18.3. The lowest BCUT2D eigenvalue weighted by molar-refractivity contribution is 0.955. The van der Waals surface area contributed by atoms with E-state index >= 15 is 0 Å². The number of fused-ring (bicyclic) bond motifs is 11. The molecule has 3 aromatic heterocycles. The van der Waals surface area contributed by atoms with Crippen molar-refractivity contribution in [2.45, 2.75) is 0 Å². The van der Waals surface area contributed by atoms with Gasteiger partial charge in [0.05, 0.1) is 11.0 Å². The molecule has 0 unspecified atom stereocenters. The Morgan fingerprint density at radius 3 is 1.75 bits per heavy atom. The van der Waals surface area contributed by atoms with Crippen LogP contribution in [0.2, 0.25) is 0 Å². The second kappa shape index (κ2) is 11.4. The van der Waals surface area contributed by atoms with Gasteiger partial charge in [0.1, 0.15) is 0 Å². The molecule has 0 aliphatic rings. The predicted molar refractivity (Wildman–Crippen MR) is 218 cm³/mol. The van der Waals surface area contributed by atoms with E-state index in [1.165, 1.54) is 58.1 Å². The maximum absolute atomic E-state index is 5.29. The van der Waals surface area contributed by atoms with Crippen molar-refractivity contribution in [2.75, 3.05) is 0 Å². The molecule has 3 heterocycles. The van der Waals surface area contributed by atoms with Gasteiger partial charge < -0.3 is 0 Å². The van der Waals surface area contributed by atoms with Crippen molar-refractivity contribution < 1.29 is 0 Å². The van der Waals surface area contributed by atoms with Crippen LogP contribution in [-0.4, -0.2) is 19.5 Å². The highest BCUT2D eigenvalue weighted by molar-refractivity contribution is 7.27. The maximum atomic E-state index is 5.29. The Morgan fingerprint density at radius 1 is 0.404 bits per heavy atom. The molecule has 8 aromatic carbocycles. The number of thiophene rings is 1. The van der Waals surface area contributed by atoms with Crippen molar-refractivity contribution in [1.29, 1.82) is 0 Å². The largest absolute Gasteiger partial charge is 0.277 e. The summed E-state index contributed by atoms with van der Waals surface area (Å²) in [6.45, 7) is 0. The quantitative estimate of drug-likeness (QED) is 0.186. The standard InChI is InChI=1S/C47H28N4S/c1-3-14-30(15-4-1)45-48-46(31-16-5-2-6-17-31)50-47(49-45)51-39-28-34(33-24-23-29-13-7-8-18-32(29)27-33)25-26-37(39)42-43(51)36-20-10-9-19-35(36)41-38-21-11-12-22-40(38)52-44(41)42/h1-28H. The van der Waals surface area contributed by atoms with Gasteiger partial charge in [-0.3, -0.25) is 4.57 Å². The zero-order valence-corrected chi connectivity index (χ0v) is 28.7. The fourth-order valence-electron chi connectivity index (χ4n) is 7.82. The summed E-state index contributed by atoms with van der Waals surface area (Å²) in [5.74, 6) is 1.86. The molecule has 0 N–H and O–H groups in total. The van der Waals surface area contributed by atoms with Gasteiger partial charge in [-0.05, 0) is 45.5 Å². The minimum absolute atomic E-state index is 0.592. The molecule has 0 saturated carbocycles. The molecule has 52 heavy (non-hydrogen) atoms. The Labute approximate surface area is 302 Å². The molecule has 0 spiro atoms. The Balaban J connectivity index is 1.31. The molecule has 0 atom stereocenters. The second-order valence-electron chi connectivity index (χ2n) is 13.2. The van der Waals surface area contributed by atoms with Crippen molar-refractivity contribution in [3.8, 4) is 39.9 Å². The molecular weight excluding hydrogens is 653 g/mol. The SMILES string of the molecule is c1ccc(-c2nc(-c3ccccc3)nc(-n3c4cc(-c5ccc6ccccc6c5)ccc4c4c5sc6ccccc6c5c5ccccc5c43)n2)cc1. The highest BCUT2D eigenvalue weighted by Gasteiger charge is 2.24. The first-order valence-electron chi connectivity index (χ1n) is 17.5. The Hall–Kier alpha value is -6.69. The minimum atomic E-state index is 0.592. The van der Waals surface area contributed by atoms with E-state index in [2.05, 4.69) is 138 Å². The van der Waals surface area contributed by atoms with Crippen LogP contribution >= 0.6 is 11.3 Å². The van der Waals surface area contributed by atoms with Crippen molar-refractivity contribution in [3.05, 3.63) is 170 Å². The number of nitrogens with zero attached hydrogens (tertiary/aromatic N) is 4. The van der Waals surface area contributed by atoms with Gasteiger partial charge in [0.15, 0.2) is 11.6 Å². The zero-order chi connectivity index (χ0) is 34.2. The molecule has 0 aliphatic carbocycles. The second-order valence-corrected chi connectivity index (χ2v) is 14.3. The summed E-state index contributed by atoms with van der Waals surface area (Å²) in [6.07, 6.45) is 0. The molecule has 11 aromatic rings. The summed E-state index contributed by atoms with van der Waals surface area (Å²) in [5.41, 5.74) is 6.35.